The third-order valence-corrected chi connectivity index (χ3v) is 5.29. The van der Waals surface area contributed by atoms with E-state index in [-0.39, 0.29) is 11.8 Å². The summed E-state index contributed by atoms with van der Waals surface area (Å²) in [5, 5.41) is 2.69. The van der Waals surface area contributed by atoms with Gasteiger partial charge in [0.2, 0.25) is 5.91 Å². The van der Waals surface area contributed by atoms with Crippen LogP contribution in [0.25, 0.3) is 17.1 Å². The molecule has 0 bridgehead atoms. The van der Waals surface area contributed by atoms with Crippen molar-refractivity contribution in [3.8, 4) is 0 Å². The second-order valence-corrected chi connectivity index (χ2v) is 7.70. The molecule has 1 fully saturated rings. The van der Waals surface area contributed by atoms with Crippen LogP contribution in [0.1, 0.15) is 12.6 Å². The van der Waals surface area contributed by atoms with Crippen LogP contribution in [0, 0.1) is 0 Å². The third kappa shape index (κ3) is 3.64. The Balaban J connectivity index is 1.61. The predicted molar refractivity (Wildman–Crippen MR) is 116 cm³/mol. The molecule has 3 aromatic rings. The summed E-state index contributed by atoms with van der Waals surface area (Å²) >= 11 is 6.62. The monoisotopic (exact) mass is 406 g/mol. The van der Waals surface area contributed by atoms with Crippen molar-refractivity contribution < 1.29 is 9.59 Å². The van der Waals surface area contributed by atoms with E-state index in [0.717, 1.165) is 11.0 Å². The Bertz CT molecular complexity index is 1140. The standard InChI is InChI=1S/C20H14N4O2S2/c1-12(25)22-13-6-8-15(9-7-13)24-19(26)18(28-20(24)27)10-14-11-21-16-4-2-3-5-17(16)23-14/h2-11H,1H3,(H,22,25). The maximum atomic E-state index is 12.9. The maximum absolute atomic E-state index is 12.9. The number of thiocarbonyl (C=S) groups is 1. The Morgan fingerprint density at radius 1 is 1.14 bits per heavy atom. The molecule has 0 spiro atoms. The number of nitrogens with one attached hydrogen (secondary N) is 1. The van der Waals surface area contributed by atoms with Gasteiger partial charge in [-0.05, 0) is 42.5 Å². The van der Waals surface area contributed by atoms with Crippen LogP contribution in [-0.2, 0) is 9.59 Å². The van der Waals surface area contributed by atoms with Gasteiger partial charge in [0.1, 0.15) is 0 Å². The van der Waals surface area contributed by atoms with Gasteiger partial charge in [-0.25, -0.2) is 4.98 Å². The molecule has 1 aliphatic heterocycles. The fourth-order valence-corrected chi connectivity index (χ4v) is 4.05. The Labute approximate surface area is 170 Å². The smallest absolute Gasteiger partial charge is 0.270 e. The van der Waals surface area contributed by atoms with E-state index in [2.05, 4.69) is 15.3 Å². The van der Waals surface area contributed by atoms with Gasteiger partial charge in [-0.2, -0.15) is 0 Å². The van der Waals surface area contributed by atoms with Gasteiger partial charge in [0, 0.05) is 12.6 Å². The first-order chi connectivity index (χ1) is 13.5. The second-order valence-electron chi connectivity index (χ2n) is 6.03. The van der Waals surface area contributed by atoms with E-state index in [4.69, 9.17) is 12.2 Å². The lowest BCUT2D eigenvalue weighted by Crippen LogP contribution is -2.27. The van der Waals surface area contributed by atoms with Gasteiger partial charge in [-0.3, -0.25) is 19.5 Å². The molecular formula is C20H14N4O2S2. The molecule has 0 atom stereocenters. The lowest BCUT2D eigenvalue weighted by Gasteiger charge is -2.15. The normalized spacial score (nSPS) is 15.5. The second kappa shape index (κ2) is 7.49. The highest BCUT2D eigenvalue weighted by atomic mass is 32.2. The van der Waals surface area contributed by atoms with Crippen LogP contribution < -0.4 is 10.2 Å². The number of hydrogen-bond acceptors (Lipinski definition) is 6. The van der Waals surface area contributed by atoms with Gasteiger partial charge in [0.05, 0.1) is 33.5 Å². The van der Waals surface area contributed by atoms with Gasteiger partial charge in [0.15, 0.2) is 4.32 Å². The molecule has 4 rings (SSSR count). The lowest BCUT2D eigenvalue weighted by atomic mass is 10.2. The number of fused-ring (bicyclic) bond motifs is 1. The predicted octanol–water partition coefficient (Wildman–Crippen LogP) is 3.99. The van der Waals surface area contributed by atoms with Crippen LogP contribution in [0.15, 0.2) is 59.6 Å². The Kier molecular flexibility index (Phi) is 4.89. The van der Waals surface area contributed by atoms with Crippen molar-refractivity contribution in [3.05, 3.63) is 65.3 Å². The number of carbonyl (C=O) groups excluding carboxylic acids is 2. The number of amides is 2. The minimum atomic E-state index is -0.211. The molecule has 1 aromatic heterocycles. The zero-order chi connectivity index (χ0) is 19.7. The topological polar surface area (TPSA) is 75.2 Å². The Morgan fingerprint density at radius 2 is 1.86 bits per heavy atom. The number of rotatable bonds is 3. The minimum absolute atomic E-state index is 0.155. The molecule has 0 unspecified atom stereocenters. The first-order valence-corrected chi connectivity index (χ1v) is 9.61. The van der Waals surface area contributed by atoms with Crippen LogP contribution in [0.2, 0.25) is 0 Å². The van der Waals surface area contributed by atoms with E-state index in [1.54, 1.807) is 36.5 Å². The Morgan fingerprint density at radius 3 is 2.57 bits per heavy atom. The highest BCUT2D eigenvalue weighted by Crippen LogP contribution is 2.36. The van der Waals surface area contributed by atoms with Crippen molar-refractivity contribution >= 4 is 68.6 Å². The zero-order valence-corrected chi connectivity index (χ0v) is 16.4. The quantitative estimate of drug-likeness (QED) is 0.524. The Hall–Kier alpha value is -3.10. The van der Waals surface area contributed by atoms with Crippen LogP contribution in [-0.4, -0.2) is 26.1 Å². The summed E-state index contributed by atoms with van der Waals surface area (Å²) in [5.74, 6) is -0.366. The average Bonchev–Trinajstić information content (AvgIpc) is 2.95. The summed E-state index contributed by atoms with van der Waals surface area (Å²) in [6, 6.07) is 14.5. The molecular weight excluding hydrogens is 392 g/mol. The van der Waals surface area contributed by atoms with Crippen LogP contribution in [0.5, 0.6) is 0 Å². The highest BCUT2D eigenvalue weighted by molar-refractivity contribution is 8.27. The van der Waals surface area contributed by atoms with Gasteiger partial charge in [0.25, 0.3) is 5.91 Å². The van der Waals surface area contributed by atoms with Crippen molar-refractivity contribution in [1.29, 1.82) is 0 Å². The largest absolute Gasteiger partial charge is 0.326 e. The molecule has 28 heavy (non-hydrogen) atoms. The van der Waals surface area contributed by atoms with Crippen LogP contribution in [0.3, 0.4) is 0 Å². The number of thioether (sulfide) groups is 1. The summed E-state index contributed by atoms with van der Waals surface area (Å²) in [5.41, 5.74) is 3.46. The molecule has 0 aliphatic carbocycles. The molecule has 2 amide bonds. The SMILES string of the molecule is CC(=O)Nc1ccc(N2C(=O)C(=Cc3cnc4ccccc4n3)SC2=S)cc1. The summed E-state index contributed by atoms with van der Waals surface area (Å²) in [6.45, 7) is 1.44. The molecule has 2 heterocycles. The summed E-state index contributed by atoms with van der Waals surface area (Å²) < 4.78 is 0.442. The third-order valence-electron chi connectivity index (χ3n) is 3.99. The molecule has 1 saturated heterocycles. The van der Waals surface area contributed by atoms with Crippen LogP contribution in [0.4, 0.5) is 11.4 Å². The van der Waals surface area contributed by atoms with E-state index in [1.165, 1.54) is 23.6 Å². The first-order valence-electron chi connectivity index (χ1n) is 8.39. The lowest BCUT2D eigenvalue weighted by molar-refractivity contribution is -0.114. The molecule has 138 valence electrons. The number of nitrogens with zero attached hydrogens (tertiary/aromatic N) is 3. The molecule has 8 heteroatoms. The van der Waals surface area contributed by atoms with Crippen molar-refractivity contribution in [2.75, 3.05) is 10.2 Å². The fourth-order valence-electron chi connectivity index (χ4n) is 2.76. The summed E-state index contributed by atoms with van der Waals surface area (Å²) in [6.07, 6.45) is 3.33. The number of hydrogen-bond donors (Lipinski definition) is 1. The van der Waals surface area contributed by atoms with E-state index in [9.17, 15) is 9.59 Å². The van der Waals surface area contributed by atoms with Gasteiger partial charge >= 0.3 is 0 Å². The van der Waals surface area contributed by atoms with E-state index >= 15 is 0 Å². The number of benzene rings is 2. The maximum Gasteiger partial charge on any atom is 0.270 e. The van der Waals surface area contributed by atoms with E-state index in [1.807, 2.05) is 24.3 Å². The van der Waals surface area contributed by atoms with E-state index < -0.39 is 0 Å². The summed E-state index contributed by atoms with van der Waals surface area (Å²) in [4.78, 5) is 34.9. The van der Waals surface area contributed by atoms with Gasteiger partial charge in [-0.1, -0.05) is 36.1 Å². The number of anilines is 2. The molecule has 1 aliphatic rings. The summed E-state index contributed by atoms with van der Waals surface area (Å²) in [7, 11) is 0. The van der Waals surface area contributed by atoms with Crippen LogP contribution >= 0.6 is 24.0 Å². The minimum Gasteiger partial charge on any atom is -0.326 e. The van der Waals surface area contributed by atoms with Gasteiger partial charge < -0.3 is 5.32 Å². The number of para-hydroxylation sites is 2. The molecule has 0 radical (unpaired) electrons. The fraction of sp³-hybridized carbons (Fsp3) is 0.0500. The van der Waals surface area contributed by atoms with Gasteiger partial charge in [-0.15, -0.1) is 0 Å². The van der Waals surface area contributed by atoms with E-state index in [0.29, 0.717) is 26.3 Å². The molecule has 2 aromatic carbocycles. The molecule has 1 N–H and O–H groups in total. The zero-order valence-electron chi connectivity index (χ0n) is 14.7. The number of carbonyl (C=O) groups is 2. The first kappa shape index (κ1) is 18.3. The molecule has 0 saturated carbocycles. The number of aromatic nitrogens is 2. The highest BCUT2D eigenvalue weighted by Gasteiger charge is 2.33. The van der Waals surface area contributed by atoms with Crippen molar-refractivity contribution in [1.82, 2.24) is 9.97 Å². The van der Waals surface area contributed by atoms with Crippen molar-refractivity contribution in [3.63, 3.8) is 0 Å². The van der Waals surface area contributed by atoms with Crippen molar-refractivity contribution in [2.24, 2.45) is 0 Å². The average molecular weight is 406 g/mol. The van der Waals surface area contributed by atoms with Crippen molar-refractivity contribution in [2.45, 2.75) is 6.92 Å². The molecule has 6 nitrogen and oxygen atoms in total.